The van der Waals surface area contributed by atoms with E-state index in [1.165, 1.54) is 4.57 Å². The zero-order valence-electron chi connectivity index (χ0n) is 19.3. The fraction of sp³-hybridized carbons (Fsp3) is 0.417. The number of methoxy groups -OCH3 is 1. The summed E-state index contributed by atoms with van der Waals surface area (Å²) in [5.41, 5.74) is 7.14. The number of ether oxygens (including phenoxy) is 2. The van der Waals surface area contributed by atoms with Crippen LogP contribution in [-0.2, 0) is 6.54 Å². The van der Waals surface area contributed by atoms with Gasteiger partial charge in [-0.1, -0.05) is 12.1 Å². The summed E-state index contributed by atoms with van der Waals surface area (Å²) in [6, 6.07) is 11.2. The van der Waals surface area contributed by atoms with Crippen molar-refractivity contribution in [1.82, 2.24) is 14.5 Å². The van der Waals surface area contributed by atoms with Crippen molar-refractivity contribution in [3.8, 4) is 11.5 Å². The van der Waals surface area contributed by atoms with Crippen LogP contribution in [0.2, 0.25) is 0 Å². The number of nitrogens with two attached hydrogens (primary N) is 1. The van der Waals surface area contributed by atoms with Gasteiger partial charge in [0, 0.05) is 39.3 Å². The Morgan fingerprint density at radius 3 is 2.45 bits per heavy atom. The Morgan fingerprint density at radius 1 is 1.03 bits per heavy atom. The molecule has 1 aromatic heterocycles. The molecule has 1 saturated heterocycles. The van der Waals surface area contributed by atoms with E-state index in [-0.39, 0.29) is 11.7 Å². The summed E-state index contributed by atoms with van der Waals surface area (Å²) in [6.45, 7) is 8.06. The first-order valence-corrected chi connectivity index (χ1v) is 11.2. The van der Waals surface area contributed by atoms with Crippen LogP contribution in [-0.4, -0.2) is 60.4 Å². The van der Waals surface area contributed by atoms with Crippen molar-refractivity contribution >= 4 is 22.3 Å². The number of H-pyrrole nitrogens is 1. The average Bonchev–Trinajstić information content (AvgIpc) is 2.80. The topological polar surface area (TPSA) is 106 Å². The van der Waals surface area contributed by atoms with Gasteiger partial charge in [-0.25, -0.2) is 4.79 Å². The Kier molecular flexibility index (Phi) is 6.60. The molecule has 0 amide bonds. The molecule has 2 heterocycles. The van der Waals surface area contributed by atoms with Gasteiger partial charge in [0.25, 0.3) is 5.56 Å². The number of nitrogens with zero attached hydrogens (tertiary/aromatic N) is 3. The molecule has 176 valence electrons. The van der Waals surface area contributed by atoms with E-state index in [0.717, 1.165) is 37.6 Å². The summed E-state index contributed by atoms with van der Waals surface area (Å²) in [4.78, 5) is 33.0. The summed E-state index contributed by atoms with van der Waals surface area (Å²) in [5, 5.41) is 0.389. The molecule has 0 radical (unpaired) electrons. The van der Waals surface area contributed by atoms with E-state index in [2.05, 4.69) is 20.9 Å². The molecule has 0 bridgehead atoms. The average molecular weight is 454 g/mol. The summed E-state index contributed by atoms with van der Waals surface area (Å²) < 4.78 is 12.4. The van der Waals surface area contributed by atoms with E-state index < -0.39 is 5.69 Å². The van der Waals surface area contributed by atoms with E-state index in [1.807, 2.05) is 32.0 Å². The second-order valence-corrected chi connectivity index (χ2v) is 8.49. The van der Waals surface area contributed by atoms with Crippen LogP contribution in [0.4, 0.5) is 11.4 Å². The summed E-state index contributed by atoms with van der Waals surface area (Å²) in [5.74, 6) is 1.31. The second-order valence-electron chi connectivity index (χ2n) is 8.49. The molecule has 1 fully saturated rings. The van der Waals surface area contributed by atoms with Gasteiger partial charge >= 0.3 is 5.69 Å². The molecular weight excluding hydrogens is 422 g/mol. The third-order valence-electron chi connectivity index (χ3n) is 5.91. The molecule has 4 rings (SSSR count). The van der Waals surface area contributed by atoms with E-state index in [0.29, 0.717) is 35.4 Å². The van der Waals surface area contributed by atoms with E-state index in [9.17, 15) is 9.59 Å². The monoisotopic (exact) mass is 453 g/mol. The summed E-state index contributed by atoms with van der Waals surface area (Å²) >= 11 is 0. The lowest BCUT2D eigenvalue weighted by atomic mass is 10.2. The lowest BCUT2D eigenvalue weighted by molar-refractivity contribution is 0.244. The third kappa shape index (κ3) is 4.83. The van der Waals surface area contributed by atoms with Crippen LogP contribution in [0, 0.1) is 0 Å². The van der Waals surface area contributed by atoms with E-state index in [1.54, 1.807) is 19.2 Å². The van der Waals surface area contributed by atoms with Crippen LogP contribution in [0.5, 0.6) is 11.5 Å². The van der Waals surface area contributed by atoms with Crippen LogP contribution in [0.25, 0.3) is 10.9 Å². The predicted octanol–water partition coefficient (Wildman–Crippen LogP) is 1.89. The maximum absolute atomic E-state index is 13.1. The molecule has 3 aromatic rings. The Morgan fingerprint density at radius 2 is 1.76 bits per heavy atom. The van der Waals surface area contributed by atoms with Crippen LogP contribution in [0.3, 0.4) is 0 Å². The van der Waals surface area contributed by atoms with Crippen molar-refractivity contribution in [3.05, 3.63) is 57.2 Å². The smallest absolute Gasteiger partial charge is 0.328 e. The van der Waals surface area contributed by atoms with Crippen LogP contribution < -0.4 is 31.4 Å². The summed E-state index contributed by atoms with van der Waals surface area (Å²) in [6.07, 6.45) is -0.0794. The number of aromatic nitrogens is 2. The molecule has 33 heavy (non-hydrogen) atoms. The minimum absolute atomic E-state index is 0.0794. The number of hydrogen-bond acceptors (Lipinski definition) is 7. The Hall–Kier alpha value is -3.46. The number of para-hydroxylation sites is 2. The van der Waals surface area contributed by atoms with E-state index >= 15 is 0 Å². The summed E-state index contributed by atoms with van der Waals surface area (Å²) in [7, 11) is 1.68. The third-order valence-corrected chi connectivity index (χ3v) is 5.91. The van der Waals surface area contributed by atoms with Gasteiger partial charge in [0.05, 0.1) is 35.5 Å². The molecule has 0 aliphatic carbocycles. The normalized spacial score (nSPS) is 14.7. The number of nitrogens with one attached hydrogen (secondary N) is 1. The van der Waals surface area contributed by atoms with Gasteiger partial charge in [0.15, 0.2) is 0 Å². The molecule has 3 N–H and O–H groups in total. The second kappa shape index (κ2) is 9.58. The van der Waals surface area contributed by atoms with E-state index in [4.69, 9.17) is 15.2 Å². The van der Waals surface area contributed by atoms with Gasteiger partial charge in [-0.3, -0.25) is 14.3 Å². The highest BCUT2D eigenvalue weighted by molar-refractivity contribution is 5.84. The molecule has 0 spiro atoms. The number of benzene rings is 2. The quantitative estimate of drug-likeness (QED) is 0.526. The van der Waals surface area contributed by atoms with Crippen LogP contribution in [0.15, 0.2) is 46.0 Å². The van der Waals surface area contributed by atoms with Crippen molar-refractivity contribution in [3.63, 3.8) is 0 Å². The number of aromatic amines is 1. The van der Waals surface area contributed by atoms with Crippen LogP contribution >= 0.6 is 0 Å². The number of fused-ring (bicyclic) bond motifs is 1. The predicted molar refractivity (Wildman–Crippen MR) is 131 cm³/mol. The molecular formula is C24H31N5O4. The maximum Gasteiger partial charge on any atom is 0.328 e. The highest BCUT2D eigenvalue weighted by Gasteiger charge is 2.20. The lowest BCUT2D eigenvalue weighted by Crippen LogP contribution is -2.48. The minimum atomic E-state index is -0.433. The zero-order chi connectivity index (χ0) is 23.5. The first kappa shape index (κ1) is 22.7. The Balaban J connectivity index is 1.47. The van der Waals surface area contributed by atoms with Gasteiger partial charge in [-0.15, -0.1) is 0 Å². The molecule has 0 atom stereocenters. The van der Waals surface area contributed by atoms with Gasteiger partial charge < -0.3 is 25.1 Å². The van der Waals surface area contributed by atoms with Crippen molar-refractivity contribution in [1.29, 1.82) is 0 Å². The fourth-order valence-corrected chi connectivity index (χ4v) is 4.20. The van der Waals surface area contributed by atoms with Crippen molar-refractivity contribution in [2.24, 2.45) is 0 Å². The van der Waals surface area contributed by atoms with Gasteiger partial charge in [-0.05, 0) is 38.1 Å². The van der Waals surface area contributed by atoms with Crippen molar-refractivity contribution in [2.75, 3.05) is 50.5 Å². The van der Waals surface area contributed by atoms with Crippen molar-refractivity contribution < 1.29 is 9.47 Å². The first-order chi connectivity index (χ1) is 15.9. The van der Waals surface area contributed by atoms with Gasteiger partial charge in [0.1, 0.15) is 11.5 Å². The van der Waals surface area contributed by atoms with Gasteiger partial charge in [-0.2, -0.15) is 0 Å². The molecule has 1 aliphatic heterocycles. The molecule has 2 aromatic carbocycles. The largest absolute Gasteiger partial charge is 0.495 e. The number of anilines is 2. The Bertz CT molecular complexity index is 1240. The highest BCUT2D eigenvalue weighted by Crippen LogP contribution is 2.28. The zero-order valence-corrected chi connectivity index (χ0v) is 19.3. The Labute approximate surface area is 192 Å². The first-order valence-electron chi connectivity index (χ1n) is 11.2. The molecule has 1 aliphatic rings. The van der Waals surface area contributed by atoms with Crippen molar-refractivity contribution in [2.45, 2.75) is 26.5 Å². The number of nitrogen functional groups attached to an aromatic ring is 1. The lowest BCUT2D eigenvalue weighted by Gasteiger charge is -2.36. The molecule has 0 unspecified atom stereocenters. The SMILES string of the molecule is COc1ccccc1N1CCN(CCn2c(=O)[nH]c3cc(N)c(OC(C)C)cc3c2=O)CC1. The molecule has 9 heteroatoms. The highest BCUT2D eigenvalue weighted by atomic mass is 16.5. The molecule has 9 nitrogen and oxygen atoms in total. The number of piperazine rings is 1. The minimum Gasteiger partial charge on any atom is -0.495 e. The number of hydrogen-bond donors (Lipinski definition) is 2. The van der Waals surface area contributed by atoms with Gasteiger partial charge in [0.2, 0.25) is 0 Å². The standard InChI is InChI=1S/C24H31N5O4/c1-16(2)33-22-14-17-19(15-18(22)25)26-24(31)29(23(17)30)13-10-27-8-11-28(12-9-27)20-6-4-5-7-21(20)32-3/h4-7,14-16H,8-13,25H2,1-3H3,(H,26,31). The fourth-order valence-electron chi connectivity index (χ4n) is 4.20. The number of rotatable bonds is 7. The van der Waals surface area contributed by atoms with Crippen LogP contribution in [0.1, 0.15) is 13.8 Å². The molecule has 0 saturated carbocycles. The maximum atomic E-state index is 13.1.